The summed E-state index contributed by atoms with van der Waals surface area (Å²) in [7, 11) is 0. The van der Waals surface area contributed by atoms with Gasteiger partial charge in [0.05, 0.1) is 12.0 Å². The van der Waals surface area contributed by atoms with E-state index in [1.165, 1.54) is 5.39 Å². The molecule has 21 heavy (non-hydrogen) atoms. The number of carbonyl (C=O) groups excluding carboxylic acids is 1. The molecule has 0 saturated carbocycles. The molecule has 1 aliphatic rings. The van der Waals surface area contributed by atoms with E-state index in [1.807, 2.05) is 48.5 Å². The van der Waals surface area contributed by atoms with E-state index in [9.17, 15) is 4.79 Å². The number of fused-ring (bicyclic) bond motifs is 2. The molecular formula is C19H14O2. The topological polar surface area (TPSA) is 26.3 Å². The van der Waals surface area contributed by atoms with Crippen molar-refractivity contribution in [1.82, 2.24) is 0 Å². The molecule has 2 nitrogen and oxygen atoms in total. The van der Waals surface area contributed by atoms with Gasteiger partial charge in [0.2, 0.25) is 0 Å². The Bertz CT molecular complexity index is 830. The smallest absolute Gasteiger partial charge is 0.170 e. The van der Waals surface area contributed by atoms with E-state index in [0.29, 0.717) is 17.7 Å². The first kappa shape index (κ1) is 12.2. The van der Waals surface area contributed by atoms with Crippen LogP contribution in [0.3, 0.4) is 0 Å². The first-order chi connectivity index (χ1) is 10.3. The molecule has 0 fully saturated rings. The van der Waals surface area contributed by atoms with Gasteiger partial charge in [-0.05, 0) is 22.9 Å². The number of hydrogen-bond acceptors (Lipinski definition) is 2. The minimum atomic E-state index is -0.210. The fourth-order valence-corrected chi connectivity index (χ4v) is 2.98. The zero-order valence-corrected chi connectivity index (χ0v) is 11.5. The maximum Gasteiger partial charge on any atom is 0.170 e. The second-order valence-corrected chi connectivity index (χ2v) is 5.30. The molecule has 3 aromatic rings. The van der Waals surface area contributed by atoms with Crippen LogP contribution in [-0.4, -0.2) is 5.78 Å². The summed E-state index contributed by atoms with van der Waals surface area (Å²) in [5.74, 6) is 0.835. The van der Waals surface area contributed by atoms with Gasteiger partial charge in [-0.15, -0.1) is 0 Å². The van der Waals surface area contributed by atoms with Gasteiger partial charge in [0, 0.05) is 5.56 Å². The van der Waals surface area contributed by atoms with E-state index < -0.39 is 0 Å². The van der Waals surface area contributed by atoms with E-state index in [-0.39, 0.29) is 11.9 Å². The summed E-state index contributed by atoms with van der Waals surface area (Å²) in [5.41, 5.74) is 1.77. The Labute approximate surface area is 123 Å². The van der Waals surface area contributed by atoms with Crippen molar-refractivity contribution in [2.45, 2.75) is 12.5 Å². The Kier molecular flexibility index (Phi) is 2.74. The lowest BCUT2D eigenvalue weighted by molar-refractivity contribution is 0.0852. The number of ether oxygens (including phenoxy) is 1. The van der Waals surface area contributed by atoms with Gasteiger partial charge in [-0.2, -0.15) is 0 Å². The lowest BCUT2D eigenvalue weighted by Crippen LogP contribution is -2.20. The maximum atomic E-state index is 12.3. The highest BCUT2D eigenvalue weighted by atomic mass is 16.5. The van der Waals surface area contributed by atoms with Gasteiger partial charge in [0.25, 0.3) is 0 Å². The SMILES string of the molecule is O=C1C[C@H](c2cccc3ccccc23)Oc2ccccc21. The van der Waals surface area contributed by atoms with Crippen molar-refractivity contribution in [3.63, 3.8) is 0 Å². The number of rotatable bonds is 1. The van der Waals surface area contributed by atoms with Crippen molar-refractivity contribution in [3.8, 4) is 5.75 Å². The standard InChI is InChI=1S/C19H14O2/c20-17-12-19(21-18-11-4-3-9-16(17)18)15-10-5-7-13-6-1-2-8-14(13)15/h1-11,19H,12H2/t19-/m1/s1. The van der Waals surface area contributed by atoms with Crippen LogP contribution in [0, 0.1) is 0 Å². The first-order valence-electron chi connectivity index (χ1n) is 7.09. The maximum absolute atomic E-state index is 12.3. The highest BCUT2D eigenvalue weighted by Crippen LogP contribution is 2.37. The van der Waals surface area contributed by atoms with Gasteiger partial charge < -0.3 is 4.74 Å². The Morgan fingerprint density at radius 2 is 1.62 bits per heavy atom. The molecule has 0 saturated heterocycles. The van der Waals surface area contributed by atoms with Crippen LogP contribution in [0.25, 0.3) is 10.8 Å². The Morgan fingerprint density at radius 1 is 0.857 bits per heavy atom. The normalized spacial score (nSPS) is 17.3. The molecule has 0 unspecified atom stereocenters. The van der Waals surface area contributed by atoms with Crippen LogP contribution in [0.15, 0.2) is 66.7 Å². The van der Waals surface area contributed by atoms with Crippen molar-refractivity contribution >= 4 is 16.6 Å². The van der Waals surface area contributed by atoms with Gasteiger partial charge in [-0.25, -0.2) is 0 Å². The molecule has 0 radical (unpaired) electrons. The second-order valence-electron chi connectivity index (χ2n) is 5.30. The van der Waals surface area contributed by atoms with E-state index >= 15 is 0 Å². The zero-order valence-electron chi connectivity index (χ0n) is 11.5. The molecule has 0 spiro atoms. The average Bonchev–Trinajstić information content (AvgIpc) is 2.54. The molecule has 0 aliphatic carbocycles. The molecule has 1 aliphatic heterocycles. The largest absolute Gasteiger partial charge is 0.484 e. The second kappa shape index (κ2) is 4.74. The molecular weight excluding hydrogens is 260 g/mol. The monoisotopic (exact) mass is 274 g/mol. The first-order valence-corrected chi connectivity index (χ1v) is 7.09. The van der Waals surface area contributed by atoms with Crippen molar-refractivity contribution in [2.24, 2.45) is 0 Å². The van der Waals surface area contributed by atoms with E-state index in [0.717, 1.165) is 10.9 Å². The van der Waals surface area contributed by atoms with Crippen LogP contribution in [0.1, 0.15) is 28.4 Å². The third-order valence-electron chi connectivity index (χ3n) is 4.00. The summed E-state index contributed by atoms with van der Waals surface area (Å²) < 4.78 is 6.08. The Balaban J connectivity index is 1.83. The predicted molar refractivity (Wildman–Crippen MR) is 82.7 cm³/mol. The summed E-state index contributed by atoms with van der Waals surface area (Å²) in [5, 5.41) is 2.32. The van der Waals surface area contributed by atoms with Crippen molar-refractivity contribution in [1.29, 1.82) is 0 Å². The Hall–Kier alpha value is -2.61. The molecule has 0 aromatic heterocycles. The van der Waals surface area contributed by atoms with Gasteiger partial charge in [0.15, 0.2) is 5.78 Å². The van der Waals surface area contributed by atoms with Crippen molar-refractivity contribution in [2.75, 3.05) is 0 Å². The van der Waals surface area contributed by atoms with Gasteiger partial charge in [-0.1, -0.05) is 54.6 Å². The van der Waals surface area contributed by atoms with Crippen LogP contribution < -0.4 is 4.74 Å². The fraction of sp³-hybridized carbons (Fsp3) is 0.105. The number of ketones is 1. The molecule has 0 bridgehead atoms. The van der Waals surface area contributed by atoms with E-state index in [1.54, 1.807) is 0 Å². The lowest BCUT2D eigenvalue weighted by atomic mass is 9.93. The molecule has 0 amide bonds. The third kappa shape index (κ3) is 2.00. The van der Waals surface area contributed by atoms with Crippen LogP contribution in [-0.2, 0) is 0 Å². The predicted octanol–water partition coefficient (Wildman–Crippen LogP) is 4.55. The molecule has 0 N–H and O–H groups in total. The van der Waals surface area contributed by atoms with Crippen LogP contribution >= 0.6 is 0 Å². The van der Waals surface area contributed by atoms with Crippen LogP contribution in [0.4, 0.5) is 0 Å². The van der Waals surface area contributed by atoms with Gasteiger partial charge in [0.1, 0.15) is 11.9 Å². The summed E-state index contributed by atoms with van der Waals surface area (Å²) in [4.78, 5) is 12.3. The van der Waals surface area contributed by atoms with Crippen molar-refractivity contribution in [3.05, 3.63) is 77.9 Å². The summed E-state index contributed by atoms with van der Waals surface area (Å²) in [6.07, 6.45) is 0.184. The summed E-state index contributed by atoms with van der Waals surface area (Å²) in [6, 6.07) is 21.8. The number of benzene rings is 3. The Morgan fingerprint density at radius 3 is 2.57 bits per heavy atom. The third-order valence-corrected chi connectivity index (χ3v) is 4.00. The molecule has 2 heteroatoms. The van der Waals surface area contributed by atoms with Crippen LogP contribution in [0.2, 0.25) is 0 Å². The quantitative estimate of drug-likeness (QED) is 0.651. The van der Waals surface area contributed by atoms with Gasteiger partial charge >= 0.3 is 0 Å². The highest BCUT2D eigenvalue weighted by Gasteiger charge is 2.28. The molecule has 102 valence electrons. The average molecular weight is 274 g/mol. The van der Waals surface area contributed by atoms with E-state index in [2.05, 4.69) is 18.2 Å². The molecule has 4 rings (SSSR count). The van der Waals surface area contributed by atoms with Gasteiger partial charge in [-0.3, -0.25) is 4.79 Å². The zero-order chi connectivity index (χ0) is 14.2. The van der Waals surface area contributed by atoms with E-state index in [4.69, 9.17) is 4.74 Å². The number of para-hydroxylation sites is 1. The minimum Gasteiger partial charge on any atom is -0.484 e. The summed E-state index contributed by atoms with van der Waals surface area (Å²) in [6.45, 7) is 0. The molecule has 3 aromatic carbocycles. The fourth-order valence-electron chi connectivity index (χ4n) is 2.98. The number of hydrogen-bond donors (Lipinski definition) is 0. The number of carbonyl (C=O) groups is 1. The number of Topliss-reactive ketones (excluding diaryl/α,β-unsaturated/α-hetero) is 1. The molecule has 1 heterocycles. The molecule has 1 atom stereocenters. The minimum absolute atomic E-state index is 0.148. The van der Waals surface area contributed by atoms with Crippen LogP contribution in [0.5, 0.6) is 5.75 Å². The highest BCUT2D eigenvalue weighted by molar-refractivity contribution is 6.00. The van der Waals surface area contributed by atoms with Crippen molar-refractivity contribution < 1.29 is 9.53 Å². The summed E-state index contributed by atoms with van der Waals surface area (Å²) >= 11 is 0. The lowest BCUT2D eigenvalue weighted by Gasteiger charge is -2.26.